The Morgan fingerprint density at radius 3 is 2.34 bits per heavy atom. The number of rotatable bonds is 5. The molecule has 7 nitrogen and oxygen atoms in total. The molecular formula is C24H32N5O2P. The van der Waals surface area contributed by atoms with Crippen LogP contribution in [0.3, 0.4) is 0 Å². The summed E-state index contributed by atoms with van der Waals surface area (Å²) in [6, 6.07) is 10.6. The second kappa shape index (κ2) is 8.95. The lowest BCUT2D eigenvalue weighted by atomic mass is 9.61. The SMILES string of the molecule is CP(C)c1cnc(N2CCN(C(=O)OC3CC4(C3)CN(Cc3ccccc3)C4)CC2)nc1. The summed E-state index contributed by atoms with van der Waals surface area (Å²) >= 11 is 0. The van der Waals surface area contributed by atoms with Gasteiger partial charge in [0.15, 0.2) is 0 Å². The molecule has 1 spiro atoms. The van der Waals surface area contributed by atoms with Gasteiger partial charge in [0.05, 0.1) is 0 Å². The largest absolute Gasteiger partial charge is 0.446 e. The number of benzene rings is 1. The van der Waals surface area contributed by atoms with E-state index >= 15 is 0 Å². The Balaban J connectivity index is 1.02. The van der Waals surface area contributed by atoms with Crippen molar-refractivity contribution in [1.82, 2.24) is 19.8 Å². The van der Waals surface area contributed by atoms with E-state index in [4.69, 9.17) is 4.74 Å². The fraction of sp³-hybridized carbons (Fsp3) is 0.542. The normalized spacial score (nSPS) is 20.8. The molecule has 32 heavy (non-hydrogen) atoms. The van der Waals surface area contributed by atoms with E-state index in [0.717, 1.165) is 51.5 Å². The second-order valence-electron chi connectivity index (χ2n) is 9.65. The van der Waals surface area contributed by atoms with Crippen molar-refractivity contribution >= 4 is 25.3 Å². The van der Waals surface area contributed by atoms with E-state index in [9.17, 15) is 4.79 Å². The third-order valence-corrected chi connectivity index (χ3v) is 8.18. The third kappa shape index (κ3) is 4.60. The van der Waals surface area contributed by atoms with Crippen molar-refractivity contribution in [3.05, 3.63) is 48.3 Å². The predicted molar refractivity (Wildman–Crippen MR) is 128 cm³/mol. The zero-order valence-corrected chi connectivity index (χ0v) is 19.9. The molecule has 1 aliphatic carbocycles. The lowest BCUT2D eigenvalue weighted by Crippen LogP contribution is -2.64. The van der Waals surface area contributed by atoms with Crippen molar-refractivity contribution in [3.8, 4) is 0 Å². The van der Waals surface area contributed by atoms with Gasteiger partial charge in [-0.3, -0.25) is 4.90 Å². The summed E-state index contributed by atoms with van der Waals surface area (Å²) in [6.07, 6.45) is 5.78. The number of amides is 1. The monoisotopic (exact) mass is 453 g/mol. The third-order valence-electron chi connectivity index (χ3n) is 6.92. The van der Waals surface area contributed by atoms with Crippen molar-refractivity contribution in [2.75, 3.05) is 57.5 Å². The van der Waals surface area contributed by atoms with Crippen molar-refractivity contribution in [2.45, 2.75) is 25.5 Å². The Morgan fingerprint density at radius 1 is 1.06 bits per heavy atom. The summed E-state index contributed by atoms with van der Waals surface area (Å²) in [5.74, 6) is 0.754. The first-order valence-corrected chi connectivity index (χ1v) is 13.7. The summed E-state index contributed by atoms with van der Waals surface area (Å²) in [7, 11) is -0.180. The summed E-state index contributed by atoms with van der Waals surface area (Å²) < 4.78 is 5.81. The zero-order valence-electron chi connectivity index (χ0n) is 19.0. The average Bonchev–Trinajstić information content (AvgIpc) is 2.77. The molecule has 3 heterocycles. The fourth-order valence-corrected chi connectivity index (χ4v) is 5.70. The lowest BCUT2D eigenvalue weighted by Gasteiger charge is -2.58. The average molecular weight is 454 g/mol. The first kappa shape index (κ1) is 21.6. The molecule has 0 unspecified atom stereocenters. The van der Waals surface area contributed by atoms with Crippen LogP contribution < -0.4 is 10.2 Å². The molecule has 3 aliphatic rings. The van der Waals surface area contributed by atoms with Crippen molar-refractivity contribution in [1.29, 1.82) is 0 Å². The standard InChI is InChI=1S/C24H32N5O2P/c1-32(2)21-14-25-22(26-15-21)28-8-10-29(11-9-28)23(30)31-20-12-24(13-20)17-27(18-24)16-19-6-4-3-5-7-19/h3-7,14-15,20H,8-13,16-18H2,1-2H3. The number of hydrogen-bond donors (Lipinski definition) is 0. The van der Waals surface area contributed by atoms with Gasteiger partial charge in [0.2, 0.25) is 5.95 Å². The lowest BCUT2D eigenvalue weighted by molar-refractivity contribution is -0.136. The topological polar surface area (TPSA) is 61.8 Å². The molecule has 2 saturated heterocycles. The van der Waals surface area contributed by atoms with E-state index < -0.39 is 0 Å². The van der Waals surface area contributed by atoms with Gasteiger partial charge in [-0.1, -0.05) is 38.3 Å². The number of ether oxygens (including phenoxy) is 1. The molecule has 1 aromatic heterocycles. The van der Waals surface area contributed by atoms with Crippen LogP contribution in [0.1, 0.15) is 18.4 Å². The van der Waals surface area contributed by atoms with Gasteiger partial charge in [-0.15, -0.1) is 0 Å². The van der Waals surface area contributed by atoms with E-state index in [-0.39, 0.29) is 20.1 Å². The number of piperazine rings is 1. The minimum atomic E-state index is -0.180. The maximum atomic E-state index is 12.6. The van der Waals surface area contributed by atoms with E-state index in [0.29, 0.717) is 18.5 Å². The number of nitrogens with zero attached hydrogens (tertiary/aromatic N) is 5. The quantitative estimate of drug-likeness (QED) is 0.649. The maximum absolute atomic E-state index is 12.6. The molecule has 2 aliphatic heterocycles. The van der Waals surface area contributed by atoms with E-state index in [1.807, 2.05) is 17.3 Å². The first-order chi connectivity index (χ1) is 15.5. The summed E-state index contributed by atoms with van der Waals surface area (Å²) in [5.41, 5.74) is 1.74. The molecular weight excluding hydrogens is 421 g/mol. The highest BCUT2D eigenvalue weighted by atomic mass is 31.1. The highest BCUT2D eigenvalue weighted by molar-refractivity contribution is 7.64. The van der Waals surface area contributed by atoms with Gasteiger partial charge in [-0.25, -0.2) is 14.8 Å². The van der Waals surface area contributed by atoms with E-state index in [1.165, 1.54) is 10.9 Å². The van der Waals surface area contributed by atoms with Crippen LogP contribution in [0.2, 0.25) is 0 Å². The van der Waals surface area contributed by atoms with Gasteiger partial charge in [0.25, 0.3) is 0 Å². The maximum Gasteiger partial charge on any atom is 0.410 e. The molecule has 170 valence electrons. The molecule has 1 saturated carbocycles. The van der Waals surface area contributed by atoms with Crippen LogP contribution in [-0.4, -0.2) is 84.6 Å². The second-order valence-corrected chi connectivity index (χ2v) is 12.0. The van der Waals surface area contributed by atoms with Gasteiger partial charge < -0.3 is 14.5 Å². The summed E-state index contributed by atoms with van der Waals surface area (Å²) in [6.45, 7) is 10.4. The Morgan fingerprint density at radius 2 is 1.72 bits per heavy atom. The highest BCUT2D eigenvalue weighted by Crippen LogP contribution is 2.50. The number of anilines is 1. The van der Waals surface area contributed by atoms with Gasteiger partial charge in [-0.05, 0) is 31.7 Å². The van der Waals surface area contributed by atoms with E-state index in [1.54, 1.807) is 0 Å². The number of hydrogen-bond acceptors (Lipinski definition) is 6. The molecule has 1 amide bonds. The number of carbonyl (C=O) groups excluding carboxylic acids is 1. The minimum Gasteiger partial charge on any atom is -0.446 e. The molecule has 2 aromatic rings. The molecule has 1 aromatic carbocycles. The molecule has 0 bridgehead atoms. The van der Waals surface area contributed by atoms with Crippen molar-refractivity contribution in [2.24, 2.45) is 5.41 Å². The van der Waals surface area contributed by atoms with Crippen molar-refractivity contribution in [3.63, 3.8) is 0 Å². The van der Waals surface area contributed by atoms with Crippen LogP contribution in [0.4, 0.5) is 10.7 Å². The minimum absolute atomic E-state index is 0.0771. The van der Waals surface area contributed by atoms with Gasteiger partial charge in [0.1, 0.15) is 6.10 Å². The van der Waals surface area contributed by atoms with Gasteiger partial charge in [-0.2, -0.15) is 0 Å². The fourth-order valence-electron chi connectivity index (χ4n) is 5.12. The number of likely N-dealkylation sites (tertiary alicyclic amines) is 1. The Kier molecular flexibility index (Phi) is 6.04. The zero-order chi connectivity index (χ0) is 22.1. The molecule has 0 N–H and O–H groups in total. The molecule has 0 atom stereocenters. The molecule has 3 fully saturated rings. The number of aromatic nitrogens is 2. The van der Waals surface area contributed by atoms with Crippen LogP contribution in [0.15, 0.2) is 42.7 Å². The summed E-state index contributed by atoms with van der Waals surface area (Å²) in [5, 5.41) is 1.21. The van der Waals surface area contributed by atoms with E-state index in [2.05, 4.69) is 63.4 Å². The van der Waals surface area contributed by atoms with Crippen LogP contribution in [0.25, 0.3) is 0 Å². The first-order valence-electron chi connectivity index (χ1n) is 11.5. The summed E-state index contributed by atoms with van der Waals surface area (Å²) in [4.78, 5) is 28.1. The molecule has 5 rings (SSSR count). The van der Waals surface area contributed by atoms with Gasteiger partial charge in [0, 0.05) is 68.9 Å². The Hall–Kier alpha value is -2.24. The molecule has 0 radical (unpaired) electrons. The van der Waals surface area contributed by atoms with Crippen molar-refractivity contribution < 1.29 is 9.53 Å². The van der Waals surface area contributed by atoms with Crippen LogP contribution in [0, 0.1) is 5.41 Å². The Bertz CT molecular complexity index is 917. The Labute approximate surface area is 191 Å². The van der Waals surface area contributed by atoms with Crippen LogP contribution >= 0.6 is 7.92 Å². The highest BCUT2D eigenvalue weighted by Gasteiger charge is 2.53. The smallest absolute Gasteiger partial charge is 0.410 e. The predicted octanol–water partition coefficient (Wildman–Crippen LogP) is 2.77. The number of carbonyl (C=O) groups is 1. The van der Waals surface area contributed by atoms with Gasteiger partial charge >= 0.3 is 6.09 Å². The van der Waals surface area contributed by atoms with Crippen LogP contribution in [0.5, 0.6) is 0 Å². The molecule has 8 heteroatoms. The van der Waals surface area contributed by atoms with Crippen LogP contribution in [-0.2, 0) is 11.3 Å².